The van der Waals surface area contributed by atoms with E-state index in [1.54, 1.807) is 27.2 Å². The minimum absolute atomic E-state index is 0.166. The van der Waals surface area contributed by atoms with Crippen LogP contribution in [0.2, 0.25) is 0 Å². The third-order valence-electron chi connectivity index (χ3n) is 4.80. The van der Waals surface area contributed by atoms with Gasteiger partial charge in [0, 0.05) is 0 Å². The Labute approximate surface area is 152 Å². The highest BCUT2D eigenvalue weighted by Gasteiger charge is 2.48. The Morgan fingerprint density at radius 2 is 1.65 bits per heavy atom. The summed E-state index contributed by atoms with van der Waals surface area (Å²) in [6.45, 7) is 3.80. The quantitative estimate of drug-likeness (QED) is 0.838. The number of nitrogens with zero attached hydrogens (tertiary/aromatic N) is 1. The molecule has 0 bridgehead atoms. The highest BCUT2D eigenvalue weighted by molar-refractivity contribution is 6.07. The molecule has 26 heavy (non-hydrogen) atoms. The predicted octanol–water partition coefficient (Wildman–Crippen LogP) is 2.98. The number of hydrogen-bond donors (Lipinski definition) is 1. The van der Waals surface area contributed by atoms with Gasteiger partial charge in [0.15, 0.2) is 11.5 Å². The smallest absolute Gasteiger partial charge is 0.325 e. The minimum atomic E-state index is -1.07. The van der Waals surface area contributed by atoms with Gasteiger partial charge in [-0.15, -0.1) is 0 Å². The molecular formula is C20H22N2O4. The number of methoxy groups -OCH3 is 2. The van der Waals surface area contributed by atoms with Gasteiger partial charge in [-0.25, -0.2) is 4.79 Å². The normalized spacial score (nSPS) is 19.5. The lowest BCUT2D eigenvalue weighted by Crippen LogP contribution is -2.40. The molecule has 1 fully saturated rings. The number of carbonyl (C=O) groups excluding carboxylic acids is 2. The van der Waals surface area contributed by atoms with Crippen LogP contribution in [0.3, 0.4) is 0 Å². The van der Waals surface area contributed by atoms with Gasteiger partial charge in [0.2, 0.25) is 0 Å². The second-order valence-corrected chi connectivity index (χ2v) is 6.45. The molecule has 1 heterocycles. The van der Waals surface area contributed by atoms with Crippen LogP contribution in [0.4, 0.5) is 4.79 Å². The number of aryl methyl sites for hydroxylation is 1. The fourth-order valence-corrected chi connectivity index (χ4v) is 3.17. The van der Waals surface area contributed by atoms with E-state index in [0.717, 1.165) is 16.7 Å². The maximum atomic E-state index is 13.0. The minimum Gasteiger partial charge on any atom is -0.493 e. The molecular weight excluding hydrogens is 332 g/mol. The zero-order valence-electron chi connectivity index (χ0n) is 15.3. The largest absolute Gasteiger partial charge is 0.493 e. The van der Waals surface area contributed by atoms with Gasteiger partial charge in [-0.3, -0.25) is 9.69 Å². The van der Waals surface area contributed by atoms with E-state index in [4.69, 9.17) is 9.47 Å². The first-order valence-corrected chi connectivity index (χ1v) is 8.32. The van der Waals surface area contributed by atoms with Gasteiger partial charge in [0.25, 0.3) is 5.91 Å². The van der Waals surface area contributed by atoms with Crippen molar-refractivity contribution in [1.29, 1.82) is 0 Å². The summed E-state index contributed by atoms with van der Waals surface area (Å²) in [5, 5.41) is 2.82. The van der Waals surface area contributed by atoms with Crippen molar-refractivity contribution in [2.24, 2.45) is 0 Å². The Morgan fingerprint density at radius 1 is 1.04 bits per heavy atom. The Bertz CT molecular complexity index is 850. The molecule has 1 aliphatic heterocycles. The first-order valence-electron chi connectivity index (χ1n) is 8.32. The van der Waals surface area contributed by atoms with Crippen molar-refractivity contribution in [3.05, 3.63) is 59.2 Å². The van der Waals surface area contributed by atoms with Gasteiger partial charge in [-0.1, -0.05) is 30.3 Å². The van der Waals surface area contributed by atoms with Crippen molar-refractivity contribution < 1.29 is 19.1 Å². The van der Waals surface area contributed by atoms with E-state index >= 15 is 0 Å². The van der Waals surface area contributed by atoms with E-state index < -0.39 is 11.6 Å². The molecule has 2 aromatic carbocycles. The van der Waals surface area contributed by atoms with Crippen molar-refractivity contribution >= 4 is 11.9 Å². The van der Waals surface area contributed by atoms with Gasteiger partial charge in [0.1, 0.15) is 5.54 Å². The zero-order valence-corrected chi connectivity index (χ0v) is 15.3. The molecule has 136 valence electrons. The average molecular weight is 354 g/mol. The van der Waals surface area contributed by atoms with Gasteiger partial charge >= 0.3 is 6.03 Å². The van der Waals surface area contributed by atoms with Crippen molar-refractivity contribution in [1.82, 2.24) is 10.2 Å². The van der Waals surface area contributed by atoms with E-state index in [9.17, 15) is 9.59 Å². The van der Waals surface area contributed by atoms with Gasteiger partial charge in [-0.05, 0) is 42.7 Å². The number of hydrogen-bond acceptors (Lipinski definition) is 4. The van der Waals surface area contributed by atoms with Crippen molar-refractivity contribution in [3.8, 4) is 11.5 Å². The summed E-state index contributed by atoms with van der Waals surface area (Å²) < 4.78 is 10.6. The van der Waals surface area contributed by atoms with E-state index in [0.29, 0.717) is 11.5 Å². The first-order chi connectivity index (χ1) is 12.4. The molecule has 0 radical (unpaired) electrons. The molecule has 0 aliphatic carbocycles. The third kappa shape index (κ3) is 2.87. The van der Waals surface area contributed by atoms with Gasteiger partial charge < -0.3 is 14.8 Å². The van der Waals surface area contributed by atoms with Crippen LogP contribution in [0.25, 0.3) is 0 Å². The third-order valence-corrected chi connectivity index (χ3v) is 4.80. The van der Waals surface area contributed by atoms with Crippen LogP contribution in [-0.2, 0) is 16.9 Å². The number of amides is 3. The number of imide groups is 1. The van der Waals surface area contributed by atoms with Crippen LogP contribution in [0.15, 0.2) is 42.5 Å². The molecule has 0 unspecified atom stereocenters. The van der Waals surface area contributed by atoms with Crippen LogP contribution in [-0.4, -0.2) is 31.1 Å². The summed E-state index contributed by atoms with van der Waals surface area (Å²) in [7, 11) is 3.12. The molecule has 6 nitrogen and oxygen atoms in total. The second kappa shape index (κ2) is 6.71. The molecule has 0 spiro atoms. The van der Waals surface area contributed by atoms with E-state index in [1.807, 2.05) is 43.3 Å². The summed E-state index contributed by atoms with van der Waals surface area (Å²) in [6.07, 6.45) is 0. The van der Waals surface area contributed by atoms with Crippen molar-refractivity contribution in [2.75, 3.05) is 14.2 Å². The van der Waals surface area contributed by atoms with E-state index in [1.165, 1.54) is 4.90 Å². The van der Waals surface area contributed by atoms with Crippen LogP contribution in [0.5, 0.6) is 11.5 Å². The molecule has 1 aliphatic rings. The highest BCUT2D eigenvalue weighted by Crippen LogP contribution is 2.33. The van der Waals surface area contributed by atoms with Gasteiger partial charge in [-0.2, -0.15) is 0 Å². The Kier molecular flexibility index (Phi) is 4.59. The summed E-state index contributed by atoms with van der Waals surface area (Å²) in [4.78, 5) is 26.8. The topological polar surface area (TPSA) is 67.9 Å². The molecule has 3 rings (SSSR count). The molecule has 0 aromatic heterocycles. The summed E-state index contributed by atoms with van der Waals surface area (Å²) >= 11 is 0. The maximum Gasteiger partial charge on any atom is 0.325 e. The Balaban J connectivity index is 1.92. The van der Waals surface area contributed by atoms with Crippen LogP contribution in [0.1, 0.15) is 23.6 Å². The monoisotopic (exact) mass is 354 g/mol. The van der Waals surface area contributed by atoms with E-state index in [2.05, 4.69) is 5.32 Å². The first kappa shape index (κ1) is 17.8. The molecule has 1 atom stereocenters. The van der Waals surface area contributed by atoms with Crippen LogP contribution in [0, 0.1) is 6.92 Å². The molecule has 3 amide bonds. The Hall–Kier alpha value is -3.02. The number of ether oxygens (including phenoxy) is 2. The summed E-state index contributed by atoms with van der Waals surface area (Å²) in [5.41, 5.74) is 1.42. The summed E-state index contributed by atoms with van der Waals surface area (Å²) in [5.74, 6) is 0.897. The average Bonchev–Trinajstić information content (AvgIpc) is 2.87. The number of rotatable bonds is 5. The Morgan fingerprint density at radius 3 is 2.27 bits per heavy atom. The standard InChI is InChI=1S/C20H22N2O4/c1-13-10-16(25-3)17(26-4)11-14(13)12-22-18(23)20(2,21-19(22)24)15-8-6-5-7-9-15/h5-11H,12H2,1-4H3,(H,21,24)/t20-/m0/s1. The van der Waals surface area contributed by atoms with Crippen LogP contribution >= 0.6 is 0 Å². The second-order valence-electron chi connectivity index (χ2n) is 6.45. The molecule has 1 N–H and O–H groups in total. The molecule has 0 saturated carbocycles. The SMILES string of the molecule is COc1cc(C)c(CN2C(=O)N[C@@](C)(c3ccccc3)C2=O)cc1OC. The number of benzene rings is 2. The van der Waals surface area contributed by atoms with Gasteiger partial charge in [0.05, 0.1) is 20.8 Å². The molecule has 6 heteroatoms. The summed E-state index contributed by atoms with van der Waals surface area (Å²) in [6, 6.07) is 12.5. The fraction of sp³-hybridized carbons (Fsp3) is 0.300. The zero-order chi connectivity index (χ0) is 18.9. The van der Waals surface area contributed by atoms with Crippen LogP contribution < -0.4 is 14.8 Å². The lowest BCUT2D eigenvalue weighted by atomic mass is 9.92. The lowest BCUT2D eigenvalue weighted by molar-refractivity contribution is -0.131. The number of carbonyl (C=O) groups is 2. The highest BCUT2D eigenvalue weighted by atomic mass is 16.5. The van der Waals surface area contributed by atoms with E-state index in [-0.39, 0.29) is 12.5 Å². The maximum absolute atomic E-state index is 13.0. The molecule has 1 saturated heterocycles. The number of urea groups is 1. The fourth-order valence-electron chi connectivity index (χ4n) is 3.17. The predicted molar refractivity (Wildman–Crippen MR) is 97.2 cm³/mol. The molecule has 2 aromatic rings. The number of nitrogens with one attached hydrogen (secondary N) is 1. The lowest BCUT2D eigenvalue weighted by Gasteiger charge is -2.22. The van der Waals surface area contributed by atoms with Crippen molar-refractivity contribution in [2.45, 2.75) is 25.9 Å². The van der Waals surface area contributed by atoms with Crippen molar-refractivity contribution in [3.63, 3.8) is 0 Å².